The van der Waals surface area contributed by atoms with Crippen LogP contribution in [-0.4, -0.2) is 11.1 Å². The Morgan fingerprint density at radius 2 is 1.90 bits per heavy atom. The van der Waals surface area contributed by atoms with Crippen LogP contribution in [0.5, 0.6) is 0 Å². The molecular formula is C14H9Cl2FO2S. The molecule has 0 atom stereocenters. The van der Waals surface area contributed by atoms with Crippen molar-refractivity contribution in [1.82, 2.24) is 0 Å². The number of carboxylic acid groups (broad SMARTS) is 1. The molecule has 1 N–H and O–H groups in total. The highest BCUT2D eigenvalue weighted by atomic mass is 35.5. The summed E-state index contributed by atoms with van der Waals surface area (Å²) in [6, 6.07) is 8.88. The van der Waals surface area contributed by atoms with Crippen molar-refractivity contribution in [3.8, 4) is 0 Å². The third-order valence-corrected chi connectivity index (χ3v) is 4.40. The van der Waals surface area contributed by atoms with Crippen LogP contribution in [0.2, 0.25) is 10.0 Å². The van der Waals surface area contributed by atoms with Crippen LogP contribution in [0.4, 0.5) is 4.39 Å². The maximum atomic E-state index is 13.6. The second kappa shape index (κ2) is 6.48. The SMILES string of the molecule is O=C(O)c1ccc(F)c(SCc2ccc(Cl)c(Cl)c2)c1. The molecule has 6 heteroatoms. The molecule has 0 unspecified atom stereocenters. The first kappa shape index (κ1) is 15.2. The van der Waals surface area contributed by atoms with E-state index in [4.69, 9.17) is 28.3 Å². The molecule has 2 rings (SSSR count). The lowest BCUT2D eigenvalue weighted by Crippen LogP contribution is -1.97. The summed E-state index contributed by atoms with van der Waals surface area (Å²) in [6.45, 7) is 0. The van der Waals surface area contributed by atoms with Crippen molar-refractivity contribution in [3.63, 3.8) is 0 Å². The van der Waals surface area contributed by atoms with Gasteiger partial charge in [-0.05, 0) is 35.9 Å². The minimum atomic E-state index is -1.08. The monoisotopic (exact) mass is 330 g/mol. The van der Waals surface area contributed by atoms with Crippen LogP contribution in [0.3, 0.4) is 0 Å². The summed E-state index contributed by atoms with van der Waals surface area (Å²) in [6.07, 6.45) is 0. The van der Waals surface area contributed by atoms with Gasteiger partial charge in [0.15, 0.2) is 0 Å². The fourth-order valence-corrected chi connectivity index (χ4v) is 2.78. The Balaban J connectivity index is 2.15. The van der Waals surface area contributed by atoms with Gasteiger partial charge in [-0.15, -0.1) is 11.8 Å². The lowest BCUT2D eigenvalue weighted by atomic mass is 10.2. The van der Waals surface area contributed by atoms with Gasteiger partial charge >= 0.3 is 5.97 Å². The second-order valence-electron chi connectivity index (χ2n) is 3.99. The molecule has 0 saturated heterocycles. The van der Waals surface area contributed by atoms with E-state index in [-0.39, 0.29) is 10.5 Å². The molecule has 0 aliphatic rings. The van der Waals surface area contributed by atoms with Crippen LogP contribution in [0.15, 0.2) is 41.3 Å². The summed E-state index contributed by atoms with van der Waals surface area (Å²) < 4.78 is 13.6. The van der Waals surface area contributed by atoms with Crippen LogP contribution in [-0.2, 0) is 5.75 Å². The van der Waals surface area contributed by atoms with E-state index in [1.54, 1.807) is 18.2 Å². The van der Waals surface area contributed by atoms with Crippen LogP contribution in [0.1, 0.15) is 15.9 Å². The third kappa shape index (κ3) is 3.66. The summed E-state index contributed by atoms with van der Waals surface area (Å²) in [4.78, 5) is 11.1. The number of carboxylic acids is 1. The minimum Gasteiger partial charge on any atom is -0.478 e. The Bertz CT molecular complexity index is 662. The first-order chi connectivity index (χ1) is 9.47. The number of aromatic carboxylic acids is 1. The fraction of sp³-hybridized carbons (Fsp3) is 0.0714. The largest absolute Gasteiger partial charge is 0.478 e. The Kier molecular flexibility index (Phi) is 4.91. The zero-order valence-electron chi connectivity index (χ0n) is 10.1. The van der Waals surface area contributed by atoms with Crippen LogP contribution in [0, 0.1) is 5.82 Å². The van der Waals surface area contributed by atoms with Crippen LogP contribution in [0.25, 0.3) is 0 Å². The Morgan fingerprint density at radius 1 is 1.15 bits per heavy atom. The number of halogens is 3. The van der Waals surface area contributed by atoms with Crippen molar-refractivity contribution in [2.45, 2.75) is 10.6 Å². The van der Waals surface area contributed by atoms with Gasteiger partial charge in [-0.2, -0.15) is 0 Å². The average molecular weight is 331 g/mol. The molecule has 104 valence electrons. The topological polar surface area (TPSA) is 37.3 Å². The van der Waals surface area contributed by atoms with E-state index in [1.807, 2.05) is 0 Å². The molecule has 0 heterocycles. The molecule has 0 aromatic heterocycles. The van der Waals surface area contributed by atoms with E-state index in [1.165, 1.54) is 23.9 Å². The molecule has 2 nitrogen and oxygen atoms in total. The van der Waals surface area contributed by atoms with Crippen molar-refractivity contribution < 1.29 is 14.3 Å². The summed E-state index contributed by atoms with van der Waals surface area (Å²) in [5.74, 6) is -1.06. The first-order valence-electron chi connectivity index (χ1n) is 5.57. The van der Waals surface area contributed by atoms with Crippen LogP contribution < -0.4 is 0 Å². The molecule has 0 fully saturated rings. The van der Waals surface area contributed by atoms with Gasteiger partial charge in [0.2, 0.25) is 0 Å². The Morgan fingerprint density at radius 3 is 2.55 bits per heavy atom. The van der Waals surface area contributed by atoms with E-state index >= 15 is 0 Å². The Hall–Kier alpha value is -1.23. The number of rotatable bonds is 4. The number of thioether (sulfide) groups is 1. The molecule has 20 heavy (non-hydrogen) atoms. The van der Waals surface area contributed by atoms with E-state index < -0.39 is 11.8 Å². The summed E-state index contributed by atoms with van der Waals surface area (Å²) >= 11 is 12.9. The fourth-order valence-electron chi connectivity index (χ4n) is 1.54. The van der Waals surface area contributed by atoms with Gasteiger partial charge in [-0.3, -0.25) is 0 Å². The molecule has 0 spiro atoms. The van der Waals surface area contributed by atoms with E-state index in [0.29, 0.717) is 15.8 Å². The maximum absolute atomic E-state index is 13.6. The molecule has 0 aliphatic carbocycles. The first-order valence-corrected chi connectivity index (χ1v) is 7.31. The third-order valence-electron chi connectivity index (χ3n) is 2.56. The molecular weight excluding hydrogens is 322 g/mol. The molecule has 2 aromatic rings. The van der Waals surface area contributed by atoms with Crippen LogP contribution >= 0.6 is 35.0 Å². The maximum Gasteiger partial charge on any atom is 0.335 e. The number of carbonyl (C=O) groups is 1. The lowest BCUT2D eigenvalue weighted by molar-refractivity contribution is 0.0696. The summed E-state index contributed by atoms with van der Waals surface area (Å²) in [7, 11) is 0. The second-order valence-corrected chi connectivity index (χ2v) is 5.82. The van der Waals surface area contributed by atoms with Gasteiger partial charge in [-0.1, -0.05) is 29.3 Å². The highest BCUT2D eigenvalue weighted by Crippen LogP contribution is 2.29. The predicted octanol–water partition coefficient (Wildman–Crippen LogP) is 5.12. The zero-order chi connectivity index (χ0) is 14.7. The molecule has 0 aliphatic heterocycles. The molecule has 0 amide bonds. The molecule has 0 saturated carbocycles. The average Bonchev–Trinajstić information content (AvgIpc) is 2.41. The van der Waals surface area contributed by atoms with Gasteiger partial charge in [0, 0.05) is 10.6 Å². The zero-order valence-corrected chi connectivity index (χ0v) is 12.4. The molecule has 2 aromatic carbocycles. The number of hydrogen-bond acceptors (Lipinski definition) is 2. The van der Waals surface area contributed by atoms with Gasteiger partial charge < -0.3 is 5.11 Å². The smallest absolute Gasteiger partial charge is 0.335 e. The normalized spacial score (nSPS) is 10.6. The summed E-state index contributed by atoms with van der Waals surface area (Å²) in [5.41, 5.74) is 0.938. The standard InChI is InChI=1S/C14H9Cl2FO2S/c15-10-3-1-8(5-11(10)16)7-20-13-6-9(14(18)19)2-4-12(13)17/h1-6H,7H2,(H,18,19). The molecule has 0 bridgehead atoms. The highest BCUT2D eigenvalue weighted by Gasteiger charge is 2.09. The van der Waals surface area contributed by atoms with Crippen molar-refractivity contribution in [2.24, 2.45) is 0 Å². The van der Waals surface area contributed by atoms with Crippen molar-refractivity contribution in [2.75, 3.05) is 0 Å². The quantitative estimate of drug-likeness (QED) is 0.790. The van der Waals surface area contributed by atoms with Gasteiger partial charge in [0.1, 0.15) is 5.82 Å². The molecule has 0 radical (unpaired) electrons. The predicted molar refractivity (Wildman–Crippen MR) is 79.4 cm³/mol. The lowest BCUT2D eigenvalue weighted by Gasteiger charge is -2.06. The highest BCUT2D eigenvalue weighted by molar-refractivity contribution is 7.98. The van der Waals surface area contributed by atoms with E-state index in [0.717, 1.165) is 11.6 Å². The van der Waals surface area contributed by atoms with Gasteiger partial charge in [-0.25, -0.2) is 9.18 Å². The van der Waals surface area contributed by atoms with Crippen molar-refractivity contribution in [1.29, 1.82) is 0 Å². The van der Waals surface area contributed by atoms with Gasteiger partial charge in [0.05, 0.1) is 15.6 Å². The number of benzene rings is 2. The van der Waals surface area contributed by atoms with Crippen molar-refractivity contribution in [3.05, 3.63) is 63.4 Å². The van der Waals surface area contributed by atoms with Crippen molar-refractivity contribution >= 4 is 40.9 Å². The summed E-state index contributed by atoms with van der Waals surface area (Å²) in [5, 5.41) is 9.78. The Labute approximate surface area is 129 Å². The van der Waals surface area contributed by atoms with E-state index in [9.17, 15) is 9.18 Å². The number of hydrogen-bond donors (Lipinski definition) is 1. The minimum absolute atomic E-state index is 0.0584. The van der Waals surface area contributed by atoms with Gasteiger partial charge in [0.25, 0.3) is 0 Å². The van der Waals surface area contributed by atoms with E-state index in [2.05, 4.69) is 0 Å².